The van der Waals surface area contributed by atoms with Gasteiger partial charge in [-0.15, -0.1) is 0 Å². The summed E-state index contributed by atoms with van der Waals surface area (Å²) in [5.74, 6) is -0.806. The van der Waals surface area contributed by atoms with Crippen molar-refractivity contribution in [2.24, 2.45) is 5.92 Å². The van der Waals surface area contributed by atoms with Crippen LogP contribution in [-0.4, -0.2) is 31.0 Å². The molecule has 112 valence electrons. The fourth-order valence-corrected chi connectivity index (χ4v) is 2.14. The van der Waals surface area contributed by atoms with Gasteiger partial charge in [-0.25, -0.2) is 9.97 Å². The van der Waals surface area contributed by atoms with Gasteiger partial charge in [0, 0.05) is 0 Å². The van der Waals surface area contributed by atoms with Crippen LogP contribution in [0.25, 0.3) is 11.2 Å². The number of aliphatic carboxylic acids is 1. The zero-order valence-electron chi connectivity index (χ0n) is 11.8. The highest BCUT2D eigenvalue weighted by Crippen LogP contribution is 2.17. The van der Waals surface area contributed by atoms with E-state index in [9.17, 15) is 4.79 Å². The molecule has 0 aliphatic heterocycles. The number of aryl methyl sites for hydroxylation is 1. The molecule has 0 spiro atoms. The summed E-state index contributed by atoms with van der Waals surface area (Å²) in [5, 5.41) is 9.00. The third-order valence-electron chi connectivity index (χ3n) is 3.33. The molecular weight excluding hydrogens is 272 g/mol. The quantitative estimate of drug-likeness (QED) is 0.715. The topological polar surface area (TPSA) is 141 Å². The van der Waals surface area contributed by atoms with Crippen LogP contribution >= 0.6 is 0 Å². The molecule has 8 nitrogen and oxygen atoms in total. The smallest absolute Gasteiger partial charge is 0.306 e. The second-order valence-electron chi connectivity index (χ2n) is 4.84. The van der Waals surface area contributed by atoms with Crippen molar-refractivity contribution in [2.45, 2.75) is 32.6 Å². The average Bonchev–Trinajstić information content (AvgIpc) is 2.43. The molecule has 1 unspecified atom stereocenters. The summed E-state index contributed by atoms with van der Waals surface area (Å²) >= 11 is 0. The first-order valence-electron chi connectivity index (χ1n) is 6.78. The van der Waals surface area contributed by atoms with E-state index in [1.807, 2.05) is 6.92 Å². The second kappa shape index (κ2) is 6.29. The number of nitrogens with zero attached hydrogens (tertiary/aromatic N) is 4. The molecule has 2 rings (SSSR count). The summed E-state index contributed by atoms with van der Waals surface area (Å²) in [6.07, 6.45) is 4.20. The summed E-state index contributed by atoms with van der Waals surface area (Å²) in [6, 6.07) is 0. The van der Waals surface area contributed by atoms with Gasteiger partial charge in [-0.3, -0.25) is 4.79 Å². The minimum absolute atomic E-state index is 0.0642. The number of carboxylic acids is 1. The predicted molar refractivity (Wildman–Crippen MR) is 78.3 cm³/mol. The molecule has 0 aliphatic rings. The van der Waals surface area contributed by atoms with Gasteiger partial charge in [-0.2, -0.15) is 9.97 Å². The van der Waals surface area contributed by atoms with Gasteiger partial charge in [0.2, 0.25) is 5.95 Å². The number of carbonyl (C=O) groups is 1. The van der Waals surface area contributed by atoms with Crippen LogP contribution in [0.4, 0.5) is 11.8 Å². The Kier molecular flexibility index (Phi) is 4.46. The van der Waals surface area contributed by atoms with Gasteiger partial charge in [0.05, 0.1) is 17.8 Å². The zero-order chi connectivity index (χ0) is 15.4. The highest BCUT2D eigenvalue weighted by Gasteiger charge is 2.14. The summed E-state index contributed by atoms with van der Waals surface area (Å²) in [4.78, 5) is 27.3. The molecule has 1 atom stereocenters. The fraction of sp³-hybridized carbons (Fsp3) is 0.462. The van der Waals surface area contributed by atoms with Crippen molar-refractivity contribution in [1.82, 2.24) is 19.9 Å². The van der Waals surface area contributed by atoms with E-state index < -0.39 is 5.97 Å². The van der Waals surface area contributed by atoms with Crippen LogP contribution in [0, 0.1) is 5.92 Å². The number of hydrogen-bond acceptors (Lipinski definition) is 7. The molecule has 2 heterocycles. The predicted octanol–water partition coefficient (Wildman–Crippen LogP) is 1.02. The van der Waals surface area contributed by atoms with Gasteiger partial charge >= 0.3 is 5.97 Å². The van der Waals surface area contributed by atoms with Crippen LogP contribution < -0.4 is 11.5 Å². The number of hydrogen-bond donors (Lipinski definition) is 3. The molecule has 21 heavy (non-hydrogen) atoms. The SMILES string of the molecule is CCC(CCCc1cnc2nc(N)nc(N)c2n1)C(=O)O. The number of nitrogens with two attached hydrogens (primary N) is 2. The lowest BCUT2D eigenvalue weighted by Crippen LogP contribution is -2.12. The van der Waals surface area contributed by atoms with Gasteiger partial charge in [0.15, 0.2) is 17.0 Å². The maximum absolute atomic E-state index is 11.0. The van der Waals surface area contributed by atoms with E-state index in [4.69, 9.17) is 16.6 Å². The molecule has 0 saturated carbocycles. The molecule has 5 N–H and O–H groups in total. The lowest BCUT2D eigenvalue weighted by molar-refractivity contribution is -0.142. The molecule has 8 heteroatoms. The molecule has 2 aromatic heterocycles. The fourth-order valence-electron chi connectivity index (χ4n) is 2.14. The number of nitrogen functional groups attached to an aromatic ring is 2. The van der Waals surface area contributed by atoms with Crippen LogP contribution in [-0.2, 0) is 11.2 Å². The Morgan fingerprint density at radius 1 is 1.33 bits per heavy atom. The second-order valence-corrected chi connectivity index (χ2v) is 4.84. The summed E-state index contributed by atoms with van der Waals surface area (Å²) < 4.78 is 0. The molecule has 0 aromatic carbocycles. The third kappa shape index (κ3) is 3.53. The van der Waals surface area contributed by atoms with Gasteiger partial charge in [-0.05, 0) is 25.7 Å². The number of fused-ring (bicyclic) bond motifs is 1. The van der Waals surface area contributed by atoms with Crippen LogP contribution in [0.3, 0.4) is 0 Å². The molecule has 0 amide bonds. The molecular formula is C13H18N6O2. The lowest BCUT2D eigenvalue weighted by atomic mass is 9.99. The van der Waals surface area contributed by atoms with Crippen molar-refractivity contribution >= 4 is 28.9 Å². The van der Waals surface area contributed by atoms with E-state index in [2.05, 4.69) is 19.9 Å². The highest BCUT2D eigenvalue weighted by atomic mass is 16.4. The summed E-state index contributed by atoms with van der Waals surface area (Å²) in [6.45, 7) is 1.87. The normalized spacial score (nSPS) is 12.4. The number of carboxylic acid groups (broad SMARTS) is 1. The van der Waals surface area contributed by atoms with Gasteiger partial charge in [0.1, 0.15) is 0 Å². The molecule has 0 aliphatic carbocycles. The Hall–Kier alpha value is -2.51. The Labute approximate surface area is 121 Å². The van der Waals surface area contributed by atoms with E-state index >= 15 is 0 Å². The number of anilines is 2. The Balaban J connectivity index is 2.08. The first-order chi connectivity index (χ1) is 10.0. The van der Waals surface area contributed by atoms with E-state index in [0.717, 1.165) is 12.1 Å². The van der Waals surface area contributed by atoms with E-state index in [0.29, 0.717) is 30.4 Å². The molecule has 0 fully saturated rings. The van der Waals surface area contributed by atoms with Crippen LogP contribution in [0.5, 0.6) is 0 Å². The Morgan fingerprint density at radius 3 is 2.76 bits per heavy atom. The maximum atomic E-state index is 11.0. The van der Waals surface area contributed by atoms with Crippen molar-refractivity contribution in [1.29, 1.82) is 0 Å². The summed E-state index contributed by atoms with van der Waals surface area (Å²) in [7, 11) is 0. The molecule has 2 aromatic rings. The number of rotatable bonds is 6. The van der Waals surface area contributed by atoms with Crippen molar-refractivity contribution in [3.8, 4) is 0 Å². The first-order valence-corrected chi connectivity index (χ1v) is 6.78. The maximum Gasteiger partial charge on any atom is 0.306 e. The lowest BCUT2D eigenvalue weighted by Gasteiger charge is -2.09. The zero-order valence-corrected chi connectivity index (χ0v) is 11.8. The summed E-state index contributed by atoms with van der Waals surface area (Å²) in [5.41, 5.74) is 12.8. The highest BCUT2D eigenvalue weighted by molar-refractivity contribution is 5.81. The van der Waals surface area contributed by atoms with E-state index in [1.165, 1.54) is 0 Å². The Bertz CT molecular complexity index is 660. The molecule has 0 radical (unpaired) electrons. The molecule has 0 bridgehead atoms. The van der Waals surface area contributed by atoms with Crippen LogP contribution in [0.1, 0.15) is 31.9 Å². The van der Waals surface area contributed by atoms with Gasteiger partial charge < -0.3 is 16.6 Å². The largest absolute Gasteiger partial charge is 0.481 e. The minimum Gasteiger partial charge on any atom is -0.481 e. The minimum atomic E-state index is -0.754. The van der Waals surface area contributed by atoms with Gasteiger partial charge in [-0.1, -0.05) is 6.92 Å². The standard InChI is InChI=1S/C13H18N6O2/c1-2-7(12(20)21)4-3-5-8-6-16-11-9(17-8)10(14)18-13(15)19-11/h6-7H,2-5H2,1H3,(H,20,21)(H4,14,15,16,18,19). The van der Waals surface area contributed by atoms with E-state index in [1.54, 1.807) is 6.20 Å². The monoisotopic (exact) mass is 290 g/mol. The number of aromatic nitrogens is 4. The van der Waals surface area contributed by atoms with Gasteiger partial charge in [0.25, 0.3) is 0 Å². The van der Waals surface area contributed by atoms with Crippen molar-refractivity contribution < 1.29 is 9.90 Å². The van der Waals surface area contributed by atoms with Crippen LogP contribution in [0.2, 0.25) is 0 Å². The average molecular weight is 290 g/mol. The van der Waals surface area contributed by atoms with Crippen molar-refractivity contribution in [3.63, 3.8) is 0 Å². The van der Waals surface area contributed by atoms with Crippen molar-refractivity contribution in [2.75, 3.05) is 11.5 Å². The van der Waals surface area contributed by atoms with Crippen LogP contribution in [0.15, 0.2) is 6.20 Å². The molecule has 0 saturated heterocycles. The van der Waals surface area contributed by atoms with Crippen molar-refractivity contribution in [3.05, 3.63) is 11.9 Å². The Morgan fingerprint density at radius 2 is 2.10 bits per heavy atom. The third-order valence-corrected chi connectivity index (χ3v) is 3.33. The first kappa shape index (κ1) is 14.9. The van der Waals surface area contributed by atoms with E-state index in [-0.39, 0.29) is 17.7 Å².